The monoisotopic (exact) mass is 756 g/mol. The molecule has 1 fully saturated rings. The molecule has 14 heteroatoms. The molecule has 294 valence electrons. The molecule has 1 saturated carbocycles. The van der Waals surface area contributed by atoms with Crippen LogP contribution in [0.3, 0.4) is 0 Å². The maximum absolute atomic E-state index is 14.2. The first kappa shape index (κ1) is 40.5. The van der Waals surface area contributed by atoms with Gasteiger partial charge in [-0.2, -0.15) is 0 Å². The van der Waals surface area contributed by atoms with Crippen molar-refractivity contribution < 1.29 is 33.4 Å². The van der Waals surface area contributed by atoms with Crippen LogP contribution in [0.15, 0.2) is 71.7 Å². The number of hydrogen-bond acceptors (Lipinski definition) is 8. The molecule has 3 heterocycles. The number of benzene rings is 2. The molecule has 4 N–H and O–H groups in total. The van der Waals surface area contributed by atoms with E-state index in [4.69, 9.17) is 9.47 Å². The van der Waals surface area contributed by atoms with E-state index in [0.29, 0.717) is 35.6 Å². The maximum atomic E-state index is 14.2. The van der Waals surface area contributed by atoms with Gasteiger partial charge in [0.1, 0.15) is 36.2 Å². The summed E-state index contributed by atoms with van der Waals surface area (Å²) in [6, 6.07) is 13.0. The number of amides is 5. The fourth-order valence-corrected chi connectivity index (χ4v) is 6.45. The van der Waals surface area contributed by atoms with Gasteiger partial charge in [0, 0.05) is 44.3 Å². The maximum Gasteiger partial charge on any atom is 0.252 e. The summed E-state index contributed by atoms with van der Waals surface area (Å²) >= 11 is 0. The van der Waals surface area contributed by atoms with Crippen molar-refractivity contribution in [1.29, 1.82) is 0 Å². The number of nitrogens with one attached hydrogen (secondary N) is 4. The normalized spacial score (nSPS) is 21.6. The second kappa shape index (κ2) is 18.6. The lowest BCUT2D eigenvalue weighted by molar-refractivity contribution is -0.140. The van der Waals surface area contributed by atoms with Crippen molar-refractivity contribution in [3.8, 4) is 11.5 Å². The molecule has 2 bridgehead atoms. The van der Waals surface area contributed by atoms with Crippen molar-refractivity contribution >= 4 is 29.5 Å². The number of rotatable bonds is 9. The van der Waals surface area contributed by atoms with Crippen LogP contribution in [-0.4, -0.2) is 90.0 Å². The van der Waals surface area contributed by atoms with Gasteiger partial charge in [0.2, 0.25) is 23.6 Å². The van der Waals surface area contributed by atoms with Crippen molar-refractivity contribution in [3.63, 3.8) is 0 Å². The molecule has 6 rings (SSSR count). The number of methoxy groups -OCH3 is 1. The molecule has 0 radical (unpaired) electrons. The highest BCUT2D eigenvalue weighted by atomic mass is 16.5. The Morgan fingerprint density at radius 3 is 2.29 bits per heavy atom. The summed E-state index contributed by atoms with van der Waals surface area (Å²) in [4.78, 5) is 82.8. The SMILES string of the molecule is COc1ccc(C[C@@H]2NC(=O)[C@@H](NC(=O)c3ccn(C)c(=O)c3)Cc3ccc(cc3)OC[C@H](CC(C)C)NC(=O)CN(CC3CC3)C(=O)[C@@H](C)NC2=O)cc1. The highest BCUT2D eigenvalue weighted by molar-refractivity contribution is 5.99. The van der Waals surface area contributed by atoms with Gasteiger partial charge in [-0.15, -0.1) is 0 Å². The molecule has 5 amide bonds. The zero-order valence-corrected chi connectivity index (χ0v) is 32.1. The number of hydrogen-bond donors (Lipinski definition) is 4. The molecule has 1 aromatic heterocycles. The Hall–Kier alpha value is -5.66. The van der Waals surface area contributed by atoms with Crippen molar-refractivity contribution in [3.05, 3.63) is 93.9 Å². The van der Waals surface area contributed by atoms with Crippen molar-refractivity contribution in [2.75, 3.05) is 26.8 Å². The van der Waals surface area contributed by atoms with Crippen molar-refractivity contribution in [1.82, 2.24) is 30.7 Å². The first-order valence-electron chi connectivity index (χ1n) is 18.8. The van der Waals surface area contributed by atoms with Gasteiger partial charge in [0.05, 0.1) is 19.7 Å². The van der Waals surface area contributed by atoms with E-state index in [9.17, 15) is 28.8 Å². The Balaban J connectivity index is 1.48. The van der Waals surface area contributed by atoms with Crippen molar-refractivity contribution in [2.24, 2.45) is 18.9 Å². The van der Waals surface area contributed by atoms with Crippen LogP contribution in [0.25, 0.3) is 0 Å². The third kappa shape index (κ3) is 11.9. The van der Waals surface area contributed by atoms with E-state index in [1.54, 1.807) is 69.6 Å². The molecule has 0 spiro atoms. The topological polar surface area (TPSA) is 177 Å². The molecule has 55 heavy (non-hydrogen) atoms. The number of carbonyl (C=O) groups is 5. The molecule has 3 aliphatic rings. The lowest BCUT2D eigenvalue weighted by atomic mass is 10.0. The molecule has 3 aromatic rings. The van der Waals surface area contributed by atoms with E-state index in [0.717, 1.165) is 12.8 Å². The summed E-state index contributed by atoms with van der Waals surface area (Å²) in [6.07, 6.45) is 4.09. The third-order valence-electron chi connectivity index (χ3n) is 9.71. The van der Waals surface area contributed by atoms with Gasteiger partial charge >= 0.3 is 0 Å². The second-order valence-electron chi connectivity index (χ2n) is 14.9. The Bertz CT molecular complexity index is 1890. The fraction of sp³-hybridized carbons (Fsp3) is 0.463. The summed E-state index contributed by atoms with van der Waals surface area (Å²) in [6.45, 7) is 6.05. The summed E-state index contributed by atoms with van der Waals surface area (Å²) in [5.74, 6) is -0.972. The first-order chi connectivity index (χ1) is 26.3. The predicted molar refractivity (Wildman–Crippen MR) is 206 cm³/mol. The van der Waals surface area contributed by atoms with E-state index in [1.807, 2.05) is 0 Å². The van der Waals surface area contributed by atoms with Gasteiger partial charge in [0.15, 0.2) is 0 Å². The van der Waals surface area contributed by atoms with Crippen LogP contribution in [0.1, 0.15) is 61.5 Å². The molecule has 1 aliphatic carbocycles. The molecule has 4 atom stereocenters. The molecule has 14 nitrogen and oxygen atoms in total. The van der Waals surface area contributed by atoms with Crippen LogP contribution in [0, 0.1) is 11.8 Å². The molecule has 2 aromatic carbocycles. The Morgan fingerprint density at radius 2 is 1.65 bits per heavy atom. The minimum Gasteiger partial charge on any atom is -0.497 e. The summed E-state index contributed by atoms with van der Waals surface area (Å²) in [5.41, 5.74) is 1.07. The Labute approximate surface area is 321 Å². The predicted octanol–water partition coefficient (Wildman–Crippen LogP) is 2.13. The van der Waals surface area contributed by atoms with E-state index in [1.165, 1.54) is 27.8 Å². The molecular formula is C41H52N6O8. The minimum atomic E-state index is -1.17. The number of aromatic nitrogens is 1. The largest absolute Gasteiger partial charge is 0.497 e. The first-order valence-corrected chi connectivity index (χ1v) is 18.8. The number of fused-ring (bicyclic) bond motifs is 17. The van der Waals surface area contributed by atoms with Gasteiger partial charge in [-0.3, -0.25) is 28.8 Å². The van der Waals surface area contributed by atoms with E-state index in [2.05, 4.69) is 35.1 Å². The van der Waals surface area contributed by atoms with Crippen LogP contribution in [0.4, 0.5) is 0 Å². The van der Waals surface area contributed by atoms with Crippen LogP contribution in [0.2, 0.25) is 0 Å². The minimum absolute atomic E-state index is 0.0383. The smallest absolute Gasteiger partial charge is 0.252 e. The average molecular weight is 757 g/mol. The van der Waals surface area contributed by atoms with Crippen LogP contribution in [0.5, 0.6) is 11.5 Å². The Kier molecular flexibility index (Phi) is 13.7. The number of aryl methyl sites for hydroxylation is 1. The van der Waals surface area contributed by atoms with Gasteiger partial charge in [-0.05, 0) is 79.5 Å². The third-order valence-corrected chi connectivity index (χ3v) is 9.71. The quantitative estimate of drug-likeness (QED) is 0.240. The van der Waals surface area contributed by atoms with Gasteiger partial charge in [0.25, 0.3) is 11.5 Å². The zero-order chi connectivity index (χ0) is 39.6. The van der Waals surface area contributed by atoms with Crippen molar-refractivity contribution in [2.45, 2.75) is 77.0 Å². The summed E-state index contributed by atoms with van der Waals surface area (Å²) in [5, 5.41) is 11.4. The second-order valence-corrected chi connectivity index (χ2v) is 14.9. The number of pyridine rings is 1. The zero-order valence-electron chi connectivity index (χ0n) is 32.1. The average Bonchev–Trinajstić information content (AvgIpc) is 3.98. The van der Waals surface area contributed by atoms with E-state index >= 15 is 0 Å². The number of nitrogens with zero attached hydrogens (tertiary/aromatic N) is 2. The summed E-state index contributed by atoms with van der Waals surface area (Å²) < 4.78 is 12.7. The lowest BCUT2D eigenvalue weighted by Crippen LogP contribution is -2.58. The van der Waals surface area contributed by atoms with Gasteiger partial charge in [-0.25, -0.2) is 0 Å². The molecular weight excluding hydrogens is 704 g/mol. The van der Waals surface area contributed by atoms with Crippen LogP contribution >= 0.6 is 0 Å². The number of ether oxygens (including phenoxy) is 2. The molecule has 0 unspecified atom stereocenters. The molecule has 0 saturated heterocycles. The lowest BCUT2D eigenvalue weighted by Gasteiger charge is -2.29. The standard InChI is InChI=1S/C41H52N6O8/c1-25(2)18-31-24-55-33-14-10-28(11-15-33)20-35(44-38(50)30-16-17-46(4)37(49)21-30)40(52)45-34(19-27-8-12-32(54-5)13-9-27)39(51)42-26(3)41(53)47(22-29-6-7-29)23-36(48)43-31/h8-17,21,25-26,29,31,34-35H,6-7,18-20,22-24H2,1-5H3,(H,42,51)(H,43,48)(H,44,50)(H,45,52)/t26-,31+,34+,35+/m1/s1. The summed E-state index contributed by atoms with van der Waals surface area (Å²) in [7, 11) is 3.10. The van der Waals surface area contributed by atoms with E-state index in [-0.39, 0.29) is 55.3 Å². The fourth-order valence-electron chi connectivity index (χ4n) is 6.45. The van der Waals surface area contributed by atoms with Gasteiger partial charge in [-0.1, -0.05) is 38.1 Å². The van der Waals surface area contributed by atoms with Crippen LogP contribution < -0.4 is 36.3 Å². The Morgan fingerprint density at radius 1 is 0.945 bits per heavy atom. The van der Waals surface area contributed by atoms with Crippen LogP contribution in [-0.2, 0) is 39.1 Å². The highest BCUT2D eigenvalue weighted by Crippen LogP contribution is 2.30. The molecule has 2 aliphatic heterocycles. The van der Waals surface area contributed by atoms with Gasteiger partial charge < -0.3 is 40.2 Å². The number of carbonyl (C=O) groups excluding carboxylic acids is 5. The van der Waals surface area contributed by atoms with E-state index < -0.39 is 47.3 Å². The highest BCUT2D eigenvalue weighted by Gasteiger charge is 2.34.